The van der Waals surface area contributed by atoms with Gasteiger partial charge >= 0.3 is 0 Å². The minimum absolute atomic E-state index is 0.0362. The van der Waals surface area contributed by atoms with Crippen LogP contribution in [0, 0.1) is 11.2 Å². The number of carbonyl (C=O) groups is 2. The molecular formula is C28H38FN3O2. The Bertz CT molecular complexity index is 965. The van der Waals surface area contributed by atoms with Gasteiger partial charge in [0, 0.05) is 26.1 Å². The molecule has 1 fully saturated rings. The Labute approximate surface area is 203 Å². The Morgan fingerprint density at radius 3 is 2.32 bits per heavy atom. The number of rotatable bonds is 9. The van der Waals surface area contributed by atoms with Gasteiger partial charge in [-0.3, -0.25) is 14.5 Å². The van der Waals surface area contributed by atoms with Crippen molar-refractivity contribution < 1.29 is 14.0 Å². The number of likely N-dealkylation sites (tertiary alicyclic amines) is 1. The van der Waals surface area contributed by atoms with Gasteiger partial charge in [0.1, 0.15) is 5.82 Å². The molecule has 2 unspecified atom stereocenters. The van der Waals surface area contributed by atoms with Crippen LogP contribution in [0.2, 0.25) is 0 Å². The zero-order chi connectivity index (χ0) is 24.7. The lowest BCUT2D eigenvalue weighted by atomic mass is 9.74. The van der Waals surface area contributed by atoms with Gasteiger partial charge in [-0.2, -0.15) is 0 Å². The molecule has 184 valence electrons. The Morgan fingerprint density at radius 1 is 1.06 bits per heavy atom. The van der Waals surface area contributed by atoms with Gasteiger partial charge in [-0.1, -0.05) is 57.2 Å². The molecule has 2 amide bonds. The van der Waals surface area contributed by atoms with Crippen LogP contribution >= 0.6 is 0 Å². The lowest BCUT2D eigenvalue weighted by Crippen LogP contribution is -2.44. The van der Waals surface area contributed by atoms with E-state index in [1.165, 1.54) is 24.7 Å². The first-order valence-corrected chi connectivity index (χ1v) is 12.2. The average molecular weight is 468 g/mol. The fourth-order valence-corrected chi connectivity index (χ4v) is 4.81. The number of nitrogens with one attached hydrogen (secondary N) is 2. The Morgan fingerprint density at radius 2 is 1.74 bits per heavy atom. The SMILES string of the molecule is CNC(=O)c1ccc(CC(CNC(=O)CC(c2ccccc2)C(C)(C)C)N2CCCC2)cc1F. The first-order valence-electron chi connectivity index (χ1n) is 12.2. The number of hydrogen-bond acceptors (Lipinski definition) is 3. The summed E-state index contributed by atoms with van der Waals surface area (Å²) < 4.78 is 14.5. The highest BCUT2D eigenvalue weighted by molar-refractivity contribution is 5.94. The highest BCUT2D eigenvalue weighted by Crippen LogP contribution is 2.37. The first-order chi connectivity index (χ1) is 16.2. The smallest absolute Gasteiger partial charge is 0.253 e. The summed E-state index contributed by atoms with van der Waals surface area (Å²) in [5.41, 5.74) is 2.00. The highest BCUT2D eigenvalue weighted by Gasteiger charge is 2.29. The number of nitrogens with zero attached hydrogens (tertiary/aromatic N) is 1. The van der Waals surface area contributed by atoms with Crippen LogP contribution in [0.5, 0.6) is 0 Å². The molecule has 2 atom stereocenters. The van der Waals surface area contributed by atoms with Gasteiger partial charge < -0.3 is 10.6 Å². The van der Waals surface area contributed by atoms with E-state index in [-0.39, 0.29) is 28.8 Å². The van der Waals surface area contributed by atoms with Crippen LogP contribution in [0.25, 0.3) is 0 Å². The molecule has 1 aliphatic heterocycles. The zero-order valence-corrected chi connectivity index (χ0v) is 20.9. The van der Waals surface area contributed by atoms with Gasteiger partial charge in [-0.15, -0.1) is 0 Å². The molecule has 1 heterocycles. The zero-order valence-electron chi connectivity index (χ0n) is 20.9. The van der Waals surface area contributed by atoms with Crippen LogP contribution in [-0.4, -0.2) is 49.4 Å². The molecule has 2 N–H and O–H groups in total. The van der Waals surface area contributed by atoms with E-state index in [1.54, 1.807) is 0 Å². The summed E-state index contributed by atoms with van der Waals surface area (Å²) in [6.07, 6.45) is 3.31. The molecule has 5 nitrogen and oxygen atoms in total. The van der Waals surface area contributed by atoms with Gasteiger partial charge in [-0.05, 0) is 66.9 Å². The van der Waals surface area contributed by atoms with Crippen molar-refractivity contribution in [1.29, 1.82) is 0 Å². The van der Waals surface area contributed by atoms with E-state index in [4.69, 9.17) is 0 Å². The summed E-state index contributed by atoms with van der Waals surface area (Å²) in [6.45, 7) is 8.98. The monoisotopic (exact) mass is 467 g/mol. The molecule has 0 radical (unpaired) electrons. The molecule has 2 aromatic rings. The molecule has 6 heteroatoms. The van der Waals surface area contributed by atoms with E-state index >= 15 is 0 Å². The normalized spacial score (nSPS) is 16.1. The van der Waals surface area contributed by atoms with Gasteiger partial charge in [-0.25, -0.2) is 4.39 Å². The topological polar surface area (TPSA) is 61.4 Å². The van der Waals surface area contributed by atoms with Crippen LogP contribution in [0.4, 0.5) is 4.39 Å². The maximum absolute atomic E-state index is 14.5. The van der Waals surface area contributed by atoms with Crippen molar-refractivity contribution >= 4 is 11.8 Å². The van der Waals surface area contributed by atoms with E-state index in [9.17, 15) is 14.0 Å². The van der Waals surface area contributed by atoms with Crippen LogP contribution in [-0.2, 0) is 11.2 Å². The third kappa shape index (κ3) is 6.89. The first kappa shape index (κ1) is 25.9. The van der Waals surface area contributed by atoms with Gasteiger partial charge in [0.2, 0.25) is 5.91 Å². The van der Waals surface area contributed by atoms with Crippen molar-refractivity contribution in [1.82, 2.24) is 15.5 Å². The standard InChI is InChI=1S/C28H38FN3O2/c1-28(2,3)24(21-10-6-5-7-11-21)18-26(33)31-19-22(32-14-8-9-15-32)16-20-12-13-23(25(29)17-20)27(34)30-4/h5-7,10-13,17,22,24H,8-9,14-16,18-19H2,1-4H3,(H,30,34)(H,31,33). The second kappa shape index (κ2) is 11.6. The van der Waals surface area contributed by atoms with Gasteiger partial charge in [0.25, 0.3) is 5.91 Å². The second-order valence-electron chi connectivity index (χ2n) is 10.3. The second-order valence-corrected chi connectivity index (χ2v) is 10.3. The summed E-state index contributed by atoms with van der Waals surface area (Å²) in [7, 11) is 1.49. The van der Waals surface area contributed by atoms with Gasteiger partial charge in [0.05, 0.1) is 5.56 Å². The predicted molar refractivity (Wildman–Crippen MR) is 134 cm³/mol. The summed E-state index contributed by atoms with van der Waals surface area (Å²) in [5.74, 6) is -0.796. The average Bonchev–Trinajstić information content (AvgIpc) is 3.34. The molecule has 2 aromatic carbocycles. The molecule has 0 bridgehead atoms. The van der Waals surface area contributed by atoms with Crippen molar-refractivity contribution in [2.45, 2.75) is 58.4 Å². The molecule has 0 saturated carbocycles. The molecule has 0 spiro atoms. The Balaban J connectivity index is 1.67. The quantitative estimate of drug-likeness (QED) is 0.570. The number of halogens is 1. The van der Waals surface area contributed by atoms with Crippen molar-refractivity contribution in [2.24, 2.45) is 5.41 Å². The Hall–Kier alpha value is -2.73. The highest BCUT2D eigenvalue weighted by atomic mass is 19.1. The van der Waals surface area contributed by atoms with E-state index in [2.05, 4.69) is 48.4 Å². The fraction of sp³-hybridized carbons (Fsp3) is 0.500. The summed E-state index contributed by atoms with van der Waals surface area (Å²) >= 11 is 0. The molecule has 0 aliphatic carbocycles. The predicted octanol–water partition coefficient (Wildman–Crippen LogP) is 4.53. The minimum Gasteiger partial charge on any atom is -0.355 e. The maximum atomic E-state index is 14.5. The van der Waals surface area contributed by atoms with Crippen molar-refractivity contribution in [3.63, 3.8) is 0 Å². The largest absolute Gasteiger partial charge is 0.355 e. The van der Waals surface area contributed by atoms with Crippen molar-refractivity contribution in [2.75, 3.05) is 26.7 Å². The van der Waals surface area contributed by atoms with Crippen LogP contribution in [0.15, 0.2) is 48.5 Å². The molecule has 0 aromatic heterocycles. The summed E-state index contributed by atoms with van der Waals surface area (Å²) in [6, 6.07) is 15.1. The summed E-state index contributed by atoms with van der Waals surface area (Å²) in [4.78, 5) is 27.2. The fourth-order valence-electron chi connectivity index (χ4n) is 4.81. The minimum atomic E-state index is -0.517. The molecule has 1 saturated heterocycles. The number of benzene rings is 2. The summed E-state index contributed by atoms with van der Waals surface area (Å²) in [5, 5.41) is 5.63. The van der Waals surface area contributed by atoms with Crippen LogP contribution in [0.1, 0.15) is 67.4 Å². The van der Waals surface area contributed by atoms with E-state index in [0.29, 0.717) is 19.4 Å². The number of hydrogen-bond donors (Lipinski definition) is 2. The van der Waals surface area contributed by atoms with E-state index in [1.807, 2.05) is 24.3 Å². The number of amides is 2. The Kier molecular flexibility index (Phi) is 8.84. The van der Waals surface area contributed by atoms with Crippen LogP contribution < -0.4 is 10.6 Å². The van der Waals surface area contributed by atoms with Crippen molar-refractivity contribution in [3.8, 4) is 0 Å². The molecule has 1 aliphatic rings. The number of carbonyl (C=O) groups excluding carboxylic acids is 2. The van der Waals surface area contributed by atoms with E-state index in [0.717, 1.165) is 31.5 Å². The third-order valence-electron chi connectivity index (χ3n) is 6.81. The lowest BCUT2D eigenvalue weighted by Gasteiger charge is -2.32. The van der Waals surface area contributed by atoms with E-state index < -0.39 is 11.7 Å². The molecule has 3 rings (SSSR count). The third-order valence-corrected chi connectivity index (χ3v) is 6.81. The molecule has 34 heavy (non-hydrogen) atoms. The molecular weight excluding hydrogens is 429 g/mol. The van der Waals surface area contributed by atoms with Gasteiger partial charge in [0.15, 0.2) is 0 Å². The lowest BCUT2D eigenvalue weighted by molar-refractivity contribution is -0.122. The maximum Gasteiger partial charge on any atom is 0.253 e. The van der Waals surface area contributed by atoms with Crippen molar-refractivity contribution in [3.05, 3.63) is 71.0 Å². The van der Waals surface area contributed by atoms with Crippen LogP contribution in [0.3, 0.4) is 0 Å².